The Balaban J connectivity index is 2.21. The van der Waals surface area contributed by atoms with E-state index < -0.39 is 0 Å². The van der Waals surface area contributed by atoms with Crippen molar-refractivity contribution in [3.63, 3.8) is 0 Å². The molecule has 2 heterocycles. The average molecular weight is 265 g/mol. The third kappa shape index (κ3) is 1.90. The lowest BCUT2D eigenvalue weighted by Crippen LogP contribution is -2.12. The lowest BCUT2D eigenvalue weighted by molar-refractivity contribution is 0.103. The van der Waals surface area contributed by atoms with Crippen molar-refractivity contribution in [3.05, 3.63) is 64.6 Å². The summed E-state index contributed by atoms with van der Waals surface area (Å²) in [4.78, 5) is 17.2. The molecular formula is C16H15N3O. The molecule has 0 N–H and O–H groups in total. The zero-order valence-corrected chi connectivity index (χ0v) is 11.7. The first-order chi connectivity index (χ1) is 9.58. The van der Waals surface area contributed by atoms with Gasteiger partial charge >= 0.3 is 0 Å². The smallest absolute Gasteiger partial charge is 0.196 e. The lowest BCUT2D eigenvalue weighted by Gasteiger charge is -2.10. The molecule has 3 aromatic rings. The SMILES string of the molecule is Cc1cccc(C(=O)c2c(C)nc3ccnn3c2C)c1. The molecule has 2 aromatic heterocycles. The Morgan fingerprint density at radius 3 is 2.70 bits per heavy atom. The van der Waals surface area contributed by atoms with Crippen LogP contribution >= 0.6 is 0 Å². The topological polar surface area (TPSA) is 47.3 Å². The number of hydrogen-bond acceptors (Lipinski definition) is 3. The zero-order chi connectivity index (χ0) is 14.3. The Morgan fingerprint density at radius 2 is 1.95 bits per heavy atom. The maximum atomic E-state index is 12.7. The van der Waals surface area contributed by atoms with Gasteiger partial charge in [-0.3, -0.25) is 4.79 Å². The van der Waals surface area contributed by atoms with Crippen LogP contribution in [0.5, 0.6) is 0 Å². The summed E-state index contributed by atoms with van der Waals surface area (Å²) in [7, 11) is 0. The molecule has 0 aliphatic rings. The fourth-order valence-corrected chi connectivity index (χ4v) is 2.49. The highest BCUT2D eigenvalue weighted by molar-refractivity contribution is 6.10. The third-order valence-electron chi connectivity index (χ3n) is 3.45. The molecule has 0 aliphatic heterocycles. The van der Waals surface area contributed by atoms with Crippen molar-refractivity contribution in [2.45, 2.75) is 20.8 Å². The van der Waals surface area contributed by atoms with Gasteiger partial charge in [-0.25, -0.2) is 9.50 Å². The van der Waals surface area contributed by atoms with E-state index in [-0.39, 0.29) is 5.78 Å². The summed E-state index contributed by atoms with van der Waals surface area (Å²) in [5.41, 5.74) is 4.71. The largest absolute Gasteiger partial charge is 0.288 e. The van der Waals surface area contributed by atoms with Gasteiger partial charge in [0.1, 0.15) is 0 Å². The van der Waals surface area contributed by atoms with Crippen LogP contribution in [0.1, 0.15) is 32.9 Å². The van der Waals surface area contributed by atoms with Gasteiger partial charge in [-0.2, -0.15) is 5.10 Å². The Morgan fingerprint density at radius 1 is 1.15 bits per heavy atom. The van der Waals surface area contributed by atoms with E-state index in [1.807, 2.05) is 51.1 Å². The number of benzene rings is 1. The maximum Gasteiger partial charge on any atom is 0.196 e. The van der Waals surface area contributed by atoms with Crippen molar-refractivity contribution in [1.29, 1.82) is 0 Å². The molecule has 0 amide bonds. The molecule has 0 fully saturated rings. The first-order valence-corrected chi connectivity index (χ1v) is 6.50. The lowest BCUT2D eigenvalue weighted by atomic mass is 9.99. The standard InChI is InChI=1S/C16H15N3O/c1-10-5-4-6-13(9-10)16(20)15-11(2)18-14-7-8-17-19(14)12(15)3/h4-9H,1-3H3. The van der Waals surface area contributed by atoms with Crippen LogP contribution in [0.4, 0.5) is 0 Å². The van der Waals surface area contributed by atoms with Gasteiger partial charge < -0.3 is 0 Å². The minimum Gasteiger partial charge on any atom is -0.288 e. The van der Waals surface area contributed by atoms with Crippen LogP contribution in [0.15, 0.2) is 36.5 Å². The molecule has 100 valence electrons. The number of hydrogen-bond donors (Lipinski definition) is 0. The summed E-state index contributed by atoms with van der Waals surface area (Å²) in [5.74, 6) is -0.00593. The van der Waals surface area contributed by atoms with E-state index in [1.165, 1.54) is 0 Å². The van der Waals surface area contributed by atoms with Crippen molar-refractivity contribution in [3.8, 4) is 0 Å². The van der Waals surface area contributed by atoms with Gasteiger partial charge in [-0.15, -0.1) is 0 Å². The Kier molecular flexibility index (Phi) is 2.86. The van der Waals surface area contributed by atoms with Crippen molar-refractivity contribution in [2.75, 3.05) is 0 Å². The molecule has 20 heavy (non-hydrogen) atoms. The first-order valence-electron chi connectivity index (χ1n) is 6.50. The van der Waals surface area contributed by atoms with E-state index in [0.717, 1.165) is 22.6 Å². The van der Waals surface area contributed by atoms with Gasteiger partial charge in [0.2, 0.25) is 0 Å². The second-order valence-corrected chi connectivity index (χ2v) is 4.96. The summed E-state index contributed by atoms with van der Waals surface area (Å²) in [6.07, 6.45) is 1.69. The van der Waals surface area contributed by atoms with E-state index in [4.69, 9.17) is 0 Å². The molecule has 4 nitrogen and oxygen atoms in total. The maximum absolute atomic E-state index is 12.7. The Labute approximate surface area is 117 Å². The minimum atomic E-state index is -0.00593. The highest BCUT2D eigenvalue weighted by atomic mass is 16.1. The number of fused-ring (bicyclic) bond motifs is 1. The van der Waals surface area contributed by atoms with E-state index in [0.29, 0.717) is 11.1 Å². The summed E-state index contributed by atoms with van der Waals surface area (Å²) in [5, 5.41) is 4.22. The van der Waals surface area contributed by atoms with Crippen molar-refractivity contribution < 1.29 is 4.79 Å². The molecule has 0 saturated carbocycles. The summed E-state index contributed by atoms with van der Waals surface area (Å²) in [6, 6.07) is 9.44. The van der Waals surface area contributed by atoms with Gasteiger partial charge in [0.25, 0.3) is 0 Å². The third-order valence-corrected chi connectivity index (χ3v) is 3.45. The fraction of sp³-hybridized carbons (Fsp3) is 0.188. The van der Waals surface area contributed by atoms with Gasteiger partial charge in [-0.1, -0.05) is 23.8 Å². The normalized spacial score (nSPS) is 10.9. The Bertz CT molecular complexity index is 818. The predicted molar refractivity (Wildman–Crippen MR) is 77.1 cm³/mol. The summed E-state index contributed by atoms with van der Waals surface area (Å²) >= 11 is 0. The zero-order valence-electron chi connectivity index (χ0n) is 11.7. The molecular weight excluding hydrogens is 250 g/mol. The van der Waals surface area contributed by atoms with Gasteiger partial charge in [-0.05, 0) is 26.8 Å². The highest BCUT2D eigenvalue weighted by Crippen LogP contribution is 2.19. The fourth-order valence-electron chi connectivity index (χ4n) is 2.49. The van der Waals surface area contributed by atoms with Crippen LogP contribution in [0, 0.1) is 20.8 Å². The summed E-state index contributed by atoms with van der Waals surface area (Å²) in [6.45, 7) is 5.74. The molecule has 0 spiro atoms. The number of nitrogens with zero attached hydrogens (tertiary/aromatic N) is 3. The van der Waals surface area contributed by atoms with Crippen LogP contribution in [-0.2, 0) is 0 Å². The van der Waals surface area contributed by atoms with Gasteiger partial charge in [0, 0.05) is 11.6 Å². The minimum absolute atomic E-state index is 0.00593. The second kappa shape index (κ2) is 4.56. The first kappa shape index (κ1) is 12.5. The second-order valence-electron chi connectivity index (χ2n) is 4.96. The van der Waals surface area contributed by atoms with Crippen LogP contribution in [0.2, 0.25) is 0 Å². The number of carbonyl (C=O) groups excluding carboxylic acids is 1. The molecule has 0 radical (unpaired) electrons. The molecule has 3 rings (SSSR count). The van der Waals surface area contributed by atoms with E-state index in [1.54, 1.807) is 10.7 Å². The number of aromatic nitrogens is 3. The number of carbonyl (C=O) groups is 1. The van der Waals surface area contributed by atoms with Crippen LogP contribution < -0.4 is 0 Å². The average Bonchev–Trinajstić information content (AvgIpc) is 2.87. The van der Waals surface area contributed by atoms with E-state index in [9.17, 15) is 4.79 Å². The molecule has 0 unspecified atom stereocenters. The van der Waals surface area contributed by atoms with Crippen molar-refractivity contribution in [2.24, 2.45) is 0 Å². The molecule has 0 atom stereocenters. The number of rotatable bonds is 2. The van der Waals surface area contributed by atoms with Gasteiger partial charge in [0.15, 0.2) is 11.4 Å². The predicted octanol–water partition coefficient (Wildman–Crippen LogP) is 2.89. The number of ketones is 1. The molecule has 0 aliphatic carbocycles. The number of aryl methyl sites for hydroxylation is 3. The Hall–Kier alpha value is -2.49. The van der Waals surface area contributed by atoms with Crippen LogP contribution in [0.25, 0.3) is 5.65 Å². The molecule has 0 bridgehead atoms. The quantitative estimate of drug-likeness (QED) is 0.669. The van der Waals surface area contributed by atoms with Gasteiger partial charge in [0.05, 0.1) is 23.1 Å². The van der Waals surface area contributed by atoms with E-state index >= 15 is 0 Å². The molecule has 4 heteroatoms. The molecule has 1 aromatic carbocycles. The van der Waals surface area contributed by atoms with Crippen molar-refractivity contribution >= 4 is 11.4 Å². The monoisotopic (exact) mass is 265 g/mol. The van der Waals surface area contributed by atoms with Crippen LogP contribution in [0.3, 0.4) is 0 Å². The van der Waals surface area contributed by atoms with Crippen molar-refractivity contribution in [1.82, 2.24) is 14.6 Å². The molecule has 0 saturated heterocycles. The van der Waals surface area contributed by atoms with E-state index in [2.05, 4.69) is 10.1 Å². The van der Waals surface area contributed by atoms with Crippen LogP contribution in [-0.4, -0.2) is 20.4 Å². The highest BCUT2D eigenvalue weighted by Gasteiger charge is 2.18. The summed E-state index contributed by atoms with van der Waals surface area (Å²) < 4.78 is 1.70.